The lowest BCUT2D eigenvalue weighted by molar-refractivity contribution is -0.155. The summed E-state index contributed by atoms with van der Waals surface area (Å²) in [5, 5.41) is 10.9. The minimum absolute atomic E-state index is 0.124. The van der Waals surface area contributed by atoms with E-state index >= 15 is 0 Å². The van der Waals surface area contributed by atoms with Gasteiger partial charge in [-0.25, -0.2) is 0 Å². The Morgan fingerprint density at radius 2 is 2.16 bits per heavy atom. The summed E-state index contributed by atoms with van der Waals surface area (Å²) in [7, 11) is 1.73. The van der Waals surface area contributed by atoms with Gasteiger partial charge in [-0.15, -0.1) is 16.5 Å². The number of nitroso groups, excluding NO2 is 1. The van der Waals surface area contributed by atoms with E-state index in [1.54, 1.807) is 11.9 Å². The monoisotopic (exact) mass is 478 g/mol. The molecule has 1 aromatic rings. The first-order valence-electron chi connectivity index (χ1n) is 10.1. The molecule has 0 aliphatic carbocycles. The van der Waals surface area contributed by atoms with E-state index in [4.69, 9.17) is 17.3 Å². The molecule has 32 heavy (non-hydrogen) atoms. The van der Waals surface area contributed by atoms with Crippen LogP contribution in [0.5, 0.6) is 0 Å². The van der Waals surface area contributed by atoms with Crippen molar-refractivity contribution in [3.05, 3.63) is 23.4 Å². The van der Waals surface area contributed by atoms with E-state index in [1.165, 1.54) is 23.4 Å². The minimum Gasteiger partial charge on any atom is -0.367 e. The number of pyridine rings is 1. The van der Waals surface area contributed by atoms with Crippen molar-refractivity contribution in [1.82, 2.24) is 20.5 Å². The van der Waals surface area contributed by atoms with Crippen LogP contribution in [0.4, 0.5) is 24.5 Å². The molecule has 2 aliphatic heterocycles. The van der Waals surface area contributed by atoms with Gasteiger partial charge in [0.25, 0.3) is 0 Å². The molecule has 5 N–H and O–H groups in total. The highest BCUT2D eigenvalue weighted by atomic mass is 35.5. The van der Waals surface area contributed by atoms with E-state index in [-0.39, 0.29) is 24.2 Å². The maximum atomic E-state index is 13.2. The van der Waals surface area contributed by atoms with Crippen molar-refractivity contribution < 1.29 is 18.0 Å². The smallest absolute Gasteiger partial charge is 0.367 e. The van der Waals surface area contributed by atoms with Crippen LogP contribution in [0, 0.1) is 10.8 Å². The Kier molecular flexibility index (Phi) is 7.88. The summed E-state index contributed by atoms with van der Waals surface area (Å²) in [5.41, 5.74) is 6.46. The number of nitrogens with two attached hydrogens (primary N) is 1. The third-order valence-corrected chi connectivity index (χ3v) is 5.90. The van der Waals surface area contributed by atoms with Gasteiger partial charge in [0, 0.05) is 38.9 Å². The van der Waals surface area contributed by atoms with Crippen LogP contribution in [0.1, 0.15) is 0 Å². The number of aromatic nitrogens is 1. The van der Waals surface area contributed by atoms with Gasteiger partial charge >= 0.3 is 6.18 Å². The average Bonchev–Trinajstić information content (AvgIpc) is 2.75. The van der Waals surface area contributed by atoms with Gasteiger partial charge in [0.1, 0.15) is 12.0 Å². The molecule has 178 valence electrons. The molecule has 2 fully saturated rings. The molecular formula is C18H26ClF3N8O2. The largest absolute Gasteiger partial charge is 0.405 e. The van der Waals surface area contributed by atoms with Crippen molar-refractivity contribution in [2.45, 2.75) is 29.9 Å². The molecule has 5 unspecified atom stereocenters. The molecule has 2 aliphatic rings. The van der Waals surface area contributed by atoms with Gasteiger partial charge < -0.3 is 21.3 Å². The lowest BCUT2D eigenvalue weighted by atomic mass is 9.98. The zero-order valence-electron chi connectivity index (χ0n) is 17.3. The molecule has 0 saturated carbocycles. The molecule has 2 saturated heterocycles. The zero-order valence-corrected chi connectivity index (χ0v) is 18.1. The maximum absolute atomic E-state index is 13.2. The summed E-state index contributed by atoms with van der Waals surface area (Å²) < 4.78 is 39.6. The van der Waals surface area contributed by atoms with E-state index < -0.39 is 36.4 Å². The summed E-state index contributed by atoms with van der Waals surface area (Å²) >= 11 is 6.13. The number of amides is 1. The van der Waals surface area contributed by atoms with Gasteiger partial charge in [0.2, 0.25) is 5.91 Å². The number of nitrogens with one attached hydrogen (secondary N) is 3. The first-order chi connectivity index (χ1) is 15.1. The topological polar surface area (TPSA) is 128 Å². The second kappa shape index (κ2) is 10.3. The Labute approximate surface area is 188 Å². The highest BCUT2D eigenvalue weighted by Crippen LogP contribution is 2.30. The lowest BCUT2D eigenvalue weighted by Gasteiger charge is -2.40. The van der Waals surface area contributed by atoms with Gasteiger partial charge in [0.05, 0.1) is 29.1 Å². The highest BCUT2D eigenvalue weighted by Gasteiger charge is 2.43. The number of nitrogens with zero attached hydrogens (tertiary/aromatic N) is 4. The molecule has 10 nitrogen and oxygen atoms in total. The van der Waals surface area contributed by atoms with Crippen LogP contribution in [-0.4, -0.2) is 85.5 Å². The molecule has 1 aromatic heterocycles. The average molecular weight is 479 g/mol. The summed E-state index contributed by atoms with van der Waals surface area (Å²) in [4.78, 5) is 31.7. The van der Waals surface area contributed by atoms with Gasteiger partial charge in [-0.2, -0.15) is 13.2 Å². The molecule has 0 aromatic carbocycles. The van der Waals surface area contributed by atoms with Crippen LogP contribution in [0.3, 0.4) is 0 Å². The van der Waals surface area contributed by atoms with Crippen LogP contribution >= 0.6 is 11.6 Å². The number of carbonyl (C=O) groups excluding carboxylic acids is 1. The normalized spacial score (nSPS) is 26.9. The van der Waals surface area contributed by atoms with Crippen molar-refractivity contribution in [1.29, 1.82) is 0 Å². The van der Waals surface area contributed by atoms with E-state index in [2.05, 4.69) is 26.1 Å². The van der Waals surface area contributed by atoms with Crippen LogP contribution < -0.4 is 26.6 Å². The molecule has 5 atom stereocenters. The predicted molar refractivity (Wildman–Crippen MR) is 114 cm³/mol. The molecule has 0 radical (unpaired) electrons. The number of hydrogen-bond acceptors (Lipinski definition) is 9. The number of carbonyl (C=O) groups is 1. The molecule has 3 heterocycles. The van der Waals surface area contributed by atoms with E-state index in [1.807, 2.05) is 0 Å². The number of piperazine rings is 1. The van der Waals surface area contributed by atoms with E-state index in [9.17, 15) is 22.9 Å². The predicted octanol–water partition coefficient (Wildman–Crippen LogP) is 0.497. The summed E-state index contributed by atoms with van der Waals surface area (Å²) in [6, 6.07) is -0.165. The third-order valence-electron chi connectivity index (χ3n) is 5.61. The van der Waals surface area contributed by atoms with E-state index in [0.717, 1.165) is 0 Å². The van der Waals surface area contributed by atoms with Crippen molar-refractivity contribution in [3.8, 4) is 0 Å². The second-order valence-electron chi connectivity index (χ2n) is 7.89. The highest BCUT2D eigenvalue weighted by molar-refractivity contribution is 6.21. The Morgan fingerprint density at radius 3 is 2.81 bits per heavy atom. The molecule has 0 bridgehead atoms. The first kappa shape index (κ1) is 24.6. The van der Waals surface area contributed by atoms with Crippen molar-refractivity contribution >= 4 is 28.9 Å². The number of hydrogen-bond donors (Lipinski definition) is 4. The second-order valence-corrected chi connectivity index (χ2v) is 8.51. The third kappa shape index (κ3) is 5.64. The van der Waals surface area contributed by atoms with Gasteiger partial charge in [-0.1, -0.05) is 5.18 Å². The quantitative estimate of drug-likeness (QED) is 0.344. The van der Waals surface area contributed by atoms with Gasteiger partial charge in [0.15, 0.2) is 6.17 Å². The maximum Gasteiger partial charge on any atom is 0.405 e. The minimum atomic E-state index is -4.40. The van der Waals surface area contributed by atoms with Crippen LogP contribution in [0.15, 0.2) is 23.6 Å². The number of alkyl halides is 4. The molecule has 3 rings (SSSR count). The van der Waals surface area contributed by atoms with Gasteiger partial charge in [-0.05, 0) is 13.1 Å². The Balaban J connectivity index is 1.81. The fourth-order valence-electron chi connectivity index (χ4n) is 4.01. The van der Waals surface area contributed by atoms with Crippen LogP contribution in [0.25, 0.3) is 0 Å². The lowest BCUT2D eigenvalue weighted by Crippen LogP contribution is -2.62. The fourth-order valence-corrected chi connectivity index (χ4v) is 4.32. The standard InChI is InChI=1S/C18H26ClF3N8O2/c1-29-8-10(19)6-26-16(29)14(15(23)28-32)17(31)27-11-7-24-3-2-12(11)30-5-4-25-13(9-30)18(20,21)22/h2-3,7,10,13-16,25-26H,4-6,8-9,23H2,1H3,(H,27,31). The van der Waals surface area contributed by atoms with E-state index in [0.29, 0.717) is 25.3 Å². The molecule has 1 amide bonds. The summed E-state index contributed by atoms with van der Waals surface area (Å²) in [6.07, 6.45) is -3.58. The molecule has 0 spiro atoms. The van der Waals surface area contributed by atoms with Gasteiger partial charge in [-0.3, -0.25) is 20.0 Å². The Hall–Kier alpha value is -2.06. The first-order valence-corrected chi connectivity index (χ1v) is 10.5. The number of halogens is 4. The number of rotatable bonds is 6. The zero-order chi connectivity index (χ0) is 23.5. The Morgan fingerprint density at radius 1 is 1.41 bits per heavy atom. The summed E-state index contributed by atoms with van der Waals surface area (Å²) in [6.45, 7) is 0.983. The van der Waals surface area contributed by atoms with Crippen molar-refractivity contribution in [2.75, 3.05) is 50.0 Å². The molecular weight excluding hydrogens is 453 g/mol. The number of anilines is 2. The van der Waals surface area contributed by atoms with Crippen molar-refractivity contribution in [2.24, 2.45) is 16.8 Å². The summed E-state index contributed by atoms with van der Waals surface area (Å²) in [5.74, 6) is -1.67. The van der Waals surface area contributed by atoms with Crippen LogP contribution in [-0.2, 0) is 4.79 Å². The van der Waals surface area contributed by atoms with Crippen LogP contribution in [0.2, 0.25) is 0 Å². The fraction of sp³-hybridized carbons (Fsp3) is 0.667. The Bertz CT molecular complexity index is 817. The van der Waals surface area contributed by atoms with Crippen molar-refractivity contribution in [3.63, 3.8) is 0 Å². The SMILES string of the molecule is CN1CC(Cl)CNC1C(C(=O)Nc1cnccc1N1CCNC(C(F)(F)F)C1)C(N)N=O. The molecule has 14 heteroatoms.